The Morgan fingerprint density at radius 2 is 1.78 bits per heavy atom. The number of hydrogen-bond donors (Lipinski definition) is 0. The van der Waals surface area contributed by atoms with Gasteiger partial charge in [-0.25, -0.2) is 4.98 Å². The summed E-state index contributed by atoms with van der Waals surface area (Å²) in [6.07, 6.45) is 0.131. The van der Waals surface area contributed by atoms with Crippen LogP contribution in [0.25, 0.3) is 17.1 Å². The molecule has 1 aromatic heterocycles. The van der Waals surface area contributed by atoms with Gasteiger partial charge < -0.3 is 23.7 Å². The molecular weight excluding hydrogens is 475 g/mol. The maximum atomic E-state index is 13.2. The van der Waals surface area contributed by atoms with Crippen LogP contribution in [0.15, 0.2) is 42.5 Å². The first-order valence-corrected chi connectivity index (χ1v) is 11.5. The lowest BCUT2D eigenvalue weighted by Gasteiger charge is -2.33. The minimum absolute atomic E-state index is 0.00392. The second-order valence-corrected chi connectivity index (χ2v) is 8.54. The minimum atomic E-state index is -4.43. The molecule has 1 fully saturated rings. The van der Waals surface area contributed by atoms with Gasteiger partial charge in [-0.3, -0.25) is 4.79 Å². The molecule has 0 unspecified atom stereocenters. The van der Waals surface area contributed by atoms with Crippen molar-refractivity contribution in [2.75, 3.05) is 34.4 Å². The van der Waals surface area contributed by atoms with Gasteiger partial charge >= 0.3 is 6.18 Å². The van der Waals surface area contributed by atoms with Gasteiger partial charge in [-0.2, -0.15) is 13.2 Å². The molecule has 0 N–H and O–H groups in total. The number of carbonyl (C=O) groups excluding carboxylic acids is 1. The highest BCUT2D eigenvalue weighted by Crippen LogP contribution is 2.34. The zero-order chi connectivity index (χ0) is 25.9. The van der Waals surface area contributed by atoms with Crippen LogP contribution in [-0.4, -0.2) is 54.8 Å². The molecule has 0 bridgehead atoms. The number of carbonyl (C=O) groups is 1. The normalized spacial score (nSPS) is 15.1. The number of imidazole rings is 1. The number of alkyl halides is 3. The number of piperidine rings is 1. The van der Waals surface area contributed by atoms with Gasteiger partial charge in [0.05, 0.1) is 30.8 Å². The number of amides is 1. The molecule has 10 heteroatoms. The van der Waals surface area contributed by atoms with Crippen molar-refractivity contribution in [3.8, 4) is 11.5 Å². The first-order valence-electron chi connectivity index (χ1n) is 11.5. The van der Waals surface area contributed by atoms with Gasteiger partial charge in [-0.1, -0.05) is 6.07 Å². The molecule has 2 heterocycles. The Morgan fingerprint density at radius 3 is 2.42 bits per heavy atom. The lowest BCUT2D eigenvalue weighted by atomic mass is 10.0. The molecule has 1 saturated heterocycles. The highest BCUT2D eigenvalue weighted by atomic mass is 19.4. The van der Waals surface area contributed by atoms with E-state index < -0.39 is 11.7 Å². The third kappa shape index (κ3) is 5.33. The summed E-state index contributed by atoms with van der Waals surface area (Å²) in [6, 6.07) is 9.02. The molecule has 7 nitrogen and oxygen atoms in total. The SMILES string of the molecule is COCc1nc2cc(C(F)(F)F)ccc2n1C1CCN(C(=O)C=Cc2ccc(OC)c(OC)c2)CC1. The summed E-state index contributed by atoms with van der Waals surface area (Å²) in [6.45, 7) is 1.22. The van der Waals surface area contributed by atoms with Gasteiger partial charge in [-0.05, 0) is 54.8 Å². The summed E-state index contributed by atoms with van der Waals surface area (Å²) in [7, 11) is 4.64. The van der Waals surface area contributed by atoms with Crippen LogP contribution in [0.5, 0.6) is 11.5 Å². The van der Waals surface area contributed by atoms with E-state index in [1.165, 1.54) is 19.3 Å². The lowest BCUT2D eigenvalue weighted by Crippen LogP contribution is -2.38. The van der Waals surface area contributed by atoms with Crippen LogP contribution < -0.4 is 9.47 Å². The number of aromatic nitrogens is 2. The predicted molar refractivity (Wildman–Crippen MR) is 129 cm³/mol. The van der Waals surface area contributed by atoms with E-state index >= 15 is 0 Å². The van der Waals surface area contributed by atoms with Crippen molar-refractivity contribution in [3.05, 3.63) is 59.4 Å². The van der Waals surface area contributed by atoms with Crippen molar-refractivity contribution in [2.24, 2.45) is 0 Å². The number of hydrogen-bond acceptors (Lipinski definition) is 5. The molecule has 0 atom stereocenters. The minimum Gasteiger partial charge on any atom is -0.493 e. The average Bonchev–Trinajstić information content (AvgIpc) is 3.24. The van der Waals surface area contributed by atoms with E-state index in [9.17, 15) is 18.0 Å². The molecule has 2 aromatic carbocycles. The number of fused-ring (bicyclic) bond motifs is 1. The van der Waals surface area contributed by atoms with E-state index in [1.807, 2.05) is 10.6 Å². The Morgan fingerprint density at radius 1 is 1.06 bits per heavy atom. The molecule has 0 saturated carbocycles. The van der Waals surface area contributed by atoms with Crippen molar-refractivity contribution in [3.63, 3.8) is 0 Å². The molecule has 1 aliphatic heterocycles. The number of likely N-dealkylation sites (tertiary alicyclic amines) is 1. The van der Waals surface area contributed by atoms with Crippen LogP contribution in [0.1, 0.15) is 35.8 Å². The van der Waals surface area contributed by atoms with E-state index in [4.69, 9.17) is 14.2 Å². The van der Waals surface area contributed by atoms with E-state index in [2.05, 4.69) is 4.98 Å². The Labute approximate surface area is 207 Å². The summed E-state index contributed by atoms with van der Waals surface area (Å²) >= 11 is 0. The monoisotopic (exact) mass is 503 g/mol. The summed E-state index contributed by atoms with van der Waals surface area (Å²) in [4.78, 5) is 19.0. The van der Waals surface area contributed by atoms with Crippen molar-refractivity contribution < 1.29 is 32.2 Å². The lowest BCUT2D eigenvalue weighted by molar-refractivity contribution is -0.137. The van der Waals surface area contributed by atoms with Crippen LogP contribution in [-0.2, 0) is 22.3 Å². The first-order chi connectivity index (χ1) is 17.2. The van der Waals surface area contributed by atoms with Gasteiger partial charge in [-0.15, -0.1) is 0 Å². The Balaban J connectivity index is 1.47. The number of rotatable bonds is 7. The van der Waals surface area contributed by atoms with Crippen LogP contribution in [0.2, 0.25) is 0 Å². The standard InChI is InChI=1S/C26H28F3N3O4/c1-34-16-24-30-20-15-18(26(27,28)29)6-7-21(20)32(24)19-10-12-31(13-11-19)25(33)9-5-17-4-8-22(35-2)23(14-17)36-3/h4-9,14-15,19H,10-13,16H2,1-3H3. The highest BCUT2D eigenvalue weighted by Gasteiger charge is 2.32. The van der Waals surface area contributed by atoms with Gasteiger partial charge in [0.2, 0.25) is 5.91 Å². The van der Waals surface area contributed by atoms with Crippen LogP contribution in [0.3, 0.4) is 0 Å². The Bertz CT molecular complexity index is 1260. The number of nitrogens with zero attached hydrogens (tertiary/aromatic N) is 3. The Kier molecular flexibility index (Phi) is 7.53. The average molecular weight is 504 g/mol. The van der Waals surface area contributed by atoms with Crippen molar-refractivity contribution in [1.29, 1.82) is 0 Å². The van der Waals surface area contributed by atoms with Gasteiger partial charge in [0.25, 0.3) is 0 Å². The first kappa shape index (κ1) is 25.6. The van der Waals surface area contributed by atoms with Crippen molar-refractivity contribution >= 4 is 23.0 Å². The largest absolute Gasteiger partial charge is 0.493 e. The number of ether oxygens (including phenoxy) is 3. The molecule has 192 valence electrons. The van der Waals surface area contributed by atoms with Crippen LogP contribution >= 0.6 is 0 Å². The molecule has 0 radical (unpaired) electrons. The van der Waals surface area contributed by atoms with Crippen LogP contribution in [0, 0.1) is 0 Å². The zero-order valence-electron chi connectivity index (χ0n) is 20.3. The smallest absolute Gasteiger partial charge is 0.416 e. The summed E-state index contributed by atoms with van der Waals surface area (Å²) in [5.74, 6) is 1.66. The zero-order valence-corrected chi connectivity index (χ0v) is 20.3. The van der Waals surface area contributed by atoms with E-state index in [-0.39, 0.29) is 24.1 Å². The maximum absolute atomic E-state index is 13.2. The number of halogens is 3. The molecule has 4 rings (SSSR count). The summed E-state index contributed by atoms with van der Waals surface area (Å²) < 4.78 is 57.3. The topological polar surface area (TPSA) is 65.8 Å². The van der Waals surface area contributed by atoms with Crippen LogP contribution in [0.4, 0.5) is 13.2 Å². The van der Waals surface area contributed by atoms with E-state index in [0.29, 0.717) is 48.8 Å². The quantitative estimate of drug-likeness (QED) is 0.420. The van der Waals surface area contributed by atoms with Gasteiger partial charge in [0.15, 0.2) is 11.5 Å². The number of benzene rings is 2. The molecule has 36 heavy (non-hydrogen) atoms. The van der Waals surface area contributed by atoms with Gasteiger partial charge in [0.1, 0.15) is 12.4 Å². The molecule has 0 spiro atoms. The van der Waals surface area contributed by atoms with Crippen molar-refractivity contribution in [2.45, 2.75) is 31.7 Å². The van der Waals surface area contributed by atoms with E-state index in [1.54, 1.807) is 37.3 Å². The van der Waals surface area contributed by atoms with Gasteiger partial charge in [0, 0.05) is 32.3 Å². The highest BCUT2D eigenvalue weighted by molar-refractivity contribution is 5.92. The molecule has 0 aliphatic carbocycles. The molecular formula is C26H28F3N3O4. The van der Waals surface area contributed by atoms with Crippen molar-refractivity contribution in [1.82, 2.24) is 14.5 Å². The molecule has 1 aliphatic rings. The fourth-order valence-corrected chi connectivity index (χ4v) is 4.54. The number of methoxy groups -OCH3 is 3. The van der Waals surface area contributed by atoms with E-state index in [0.717, 1.165) is 17.7 Å². The summed E-state index contributed by atoms with van der Waals surface area (Å²) in [5, 5.41) is 0. The molecule has 1 amide bonds. The Hall–Kier alpha value is -3.53. The third-order valence-electron chi connectivity index (χ3n) is 6.33. The predicted octanol–water partition coefficient (Wildman–Crippen LogP) is 5.10. The maximum Gasteiger partial charge on any atom is 0.416 e. The fourth-order valence-electron chi connectivity index (χ4n) is 4.54. The third-order valence-corrected chi connectivity index (χ3v) is 6.33. The second-order valence-electron chi connectivity index (χ2n) is 8.54. The fraction of sp³-hybridized carbons (Fsp3) is 0.385. The summed E-state index contributed by atoms with van der Waals surface area (Å²) in [5.41, 5.74) is 0.995. The molecule has 3 aromatic rings. The second kappa shape index (κ2) is 10.6.